The van der Waals surface area contributed by atoms with E-state index in [0.29, 0.717) is 6.42 Å². The molecule has 0 aliphatic carbocycles. The van der Waals surface area contributed by atoms with Crippen LogP contribution in [0.2, 0.25) is 0 Å². The van der Waals surface area contributed by atoms with Gasteiger partial charge >= 0.3 is 162 Å². The van der Waals surface area contributed by atoms with Gasteiger partial charge in [0.25, 0.3) is 0 Å². The molecule has 0 rings (SSSR count). The molecule has 0 aromatic rings. The van der Waals surface area contributed by atoms with E-state index in [1.165, 1.54) is 32.1 Å². The number of hydrogen-bond acceptors (Lipinski definition) is 3. The number of unbranched alkanes of at least 4 members (excludes halogenated alkanes) is 9. The summed E-state index contributed by atoms with van der Waals surface area (Å²) in [5.74, 6) is -0.820. The van der Waals surface area contributed by atoms with E-state index < -0.39 is 13.8 Å². The summed E-state index contributed by atoms with van der Waals surface area (Å²) in [5, 5.41) is 0. The van der Waals surface area contributed by atoms with Crippen molar-refractivity contribution in [3.05, 3.63) is 12.2 Å². The fraction of sp³-hybridized carbons (Fsp3) is 0.812. The van der Waals surface area contributed by atoms with Gasteiger partial charge < -0.3 is 4.52 Å². The van der Waals surface area contributed by atoms with Crippen molar-refractivity contribution in [2.45, 2.75) is 84.0 Å². The predicted octanol–water partition coefficient (Wildman–Crippen LogP) is 1.64. The molecule has 0 amide bonds. The Morgan fingerprint density at radius 2 is 1.19 bits per heavy atom. The van der Waals surface area contributed by atoms with Gasteiger partial charge in [-0.1, -0.05) is 57.6 Å². The summed E-state index contributed by atoms with van der Waals surface area (Å²) in [6.45, 7) is 2.22. The van der Waals surface area contributed by atoms with Gasteiger partial charge in [-0.2, -0.15) is 0 Å². The first-order valence-corrected chi connectivity index (χ1v) is 9.91. The summed E-state index contributed by atoms with van der Waals surface area (Å²) in [7, 11) is -4.67. The van der Waals surface area contributed by atoms with Gasteiger partial charge in [-0.15, -0.1) is 0 Å². The van der Waals surface area contributed by atoms with Crippen LogP contribution in [0.3, 0.4) is 0 Å². The maximum atomic E-state index is 11.0. The van der Waals surface area contributed by atoms with E-state index in [4.69, 9.17) is 9.79 Å². The van der Waals surface area contributed by atoms with E-state index in [0.717, 1.165) is 32.1 Å². The second-order valence-corrected chi connectivity index (χ2v) is 6.74. The van der Waals surface area contributed by atoms with Crippen LogP contribution in [0.15, 0.2) is 12.2 Å². The Hall–Kier alpha value is 4.36. The van der Waals surface area contributed by atoms with Crippen molar-refractivity contribution >= 4 is 162 Å². The Kier molecular flexibility index (Phi) is 54.2. The number of phosphoric acid groups is 1. The molecule has 0 bridgehead atoms. The number of allylic oxidation sites excluding steroid dienone is 2. The number of hydrogen-bond donors (Lipinski definition) is 2. The molecule has 0 heterocycles. The third-order valence-electron chi connectivity index (χ3n) is 3.36. The van der Waals surface area contributed by atoms with Crippen molar-refractivity contribution in [2.24, 2.45) is 0 Å². The molecule has 0 atom stereocenters. The van der Waals surface area contributed by atoms with E-state index in [1.807, 2.05) is 0 Å². The average Bonchev–Trinajstić information content (AvgIpc) is 2.42. The van der Waals surface area contributed by atoms with Gasteiger partial charge in [0.05, 0.1) is 0 Å². The van der Waals surface area contributed by atoms with E-state index in [9.17, 15) is 9.36 Å². The van der Waals surface area contributed by atoms with Crippen molar-refractivity contribution in [1.29, 1.82) is 0 Å². The molecular formula is C16H36Na5O5P. The van der Waals surface area contributed by atoms with Crippen LogP contribution in [0.1, 0.15) is 84.0 Å². The van der Waals surface area contributed by atoms with Crippen molar-refractivity contribution in [2.75, 3.05) is 0 Å². The van der Waals surface area contributed by atoms with Crippen LogP contribution in [0.4, 0.5) is 0 Å². The Balaban J connectivity index is -0.000000220. The number of carbonyl (C=O) groups excluding carboxylic acids is 1. The average molecular weight is 454 g/mol. The molecule has 27 heavy (non-hydrogen) atoms. The molecule has 0 aliphatic rings. The summed E-state index contributed by atoms with van der Waals surface area (Å²) in [6.07, 6.45) is 16.9. The second kappa shape index (κ2) is 32.5. The zero-order valence-electron chi connectivity index (χ0n) is 13.7. The Morgan fingerprint density at radius 1 is 0.778 bits per heavy atom. The third kappa shape index (κ3) is 41.1. The summed E-state index contributed by atoms with van der Waals surface area (Å²) < 4.78 is 14.4. The summed E-state index contributed by atoms with van der Waals surface area (Å²) in [4.78, 5) is 27.9. The minimum absolute atomic E-state index is 0. The van der Waals surface area contributed by atoms with Crippen molar-refractivity contribution in [1.82, 2.24) is 0 Å². The molecule has 0 aromatic carbocycles. The maximum absolute atomic E-state index is 11.0. The van der Waals surface area contributed by atoms with Gasteiger partial charge in [-0.3, -0.25) is 14.6 Å². The van der Waals surface area contributed by atoms with Crippen LogP contribution < -0.4 is 0 Å². The Bertz CT molecular complexity index is 367. The van der Waals surface area contributed by atoms with Crippen LogP contribution in [0.25, 0.3) is 0 Å². The molecule has 0 unspecified atom stereocenters. The van der Waals surface area contributed by atoms with Gasteiger partial charge in [0.15, 0.2) is 0 Å². The molecule has 2 N–H and O–H groups in total. The zero-order chi connectivity index (χ0) is 16.7. The van der Waals surface area contributed by atoms with Crippen LogP contribution in [-0.2, 0) is 13.9 Å². The van der Waals surface area contributed by atoms with E-state index in [2.05, 4.69) is 23.6 Å². The molecule has 0 aliphatic heterocycles. The molecule has 0 saturated heterocycles. The molecule has 0 aromatic heterocycles. The van der Waals surface area contributed by atoms with Gasteiger partial charge in [0.2, 0.25) is 0 Å². The number of carbonyl (C=O) groups is 1. The molecule has 140 valence electrons. The van der Waals surface area contributed by atoms with Crippen molar-refractivity contribution < 1.29 is 23.7 Å². The zero-order valence-corrected chi connectivity index (χ0v) is 14.6. The molecule has 11 heteroatoms. The topological polar surface area (TPSA) is 83.8 Å². The molecular weight excluding hydrogens is 418 g/mol. The Labute approximate surface area is 276 Å². The first kappa shape index (κ1) is 44.9. The SMILES string of the molecule is CCCCCC/C=C\CCCCCCCC(=O)OP(=O)(O)O.[NaH].[NaH].[NaH].[NaH].[NaH]. The van der Waals surface area contributed by atoms with Crippen LogP contribution >= 0.6 is 7.82 Å². The quantitative estimate of drug-likeness (QED) is 0.181. The number of phosphoric ester groups is 1. The van der Waals surface area contributed by atoms with Crippen LogP contribution in [0, 0.1) is 0 Å². The van der Waals surface area contributed by atoms with Gasteiger partial charge in [0.1, 0.15) is 0 Å². The molecule has 5 nitrogen and oxygen atoms in total. The van der Waals surface area contributed by atoms with E-state index >= 15 is 0 Å². The Morgan fingerprint density at radius 3 is 1.63 bits per heavy atom. The third-order valence-corrected chi connectivity index (χ3v) is 3.80. The van der Waals surface area contributed by atoms with Crippen LogP contribution in [-0.4, -0.2) is 164 Å². The van der Waals surface area contributed by atoms with Gasteiger partial charge in [0, 0.05) is 6.42 Å². The second-order valence-electron chi connectivity index (χ2n) is 5.58. The monoisotopic (exact) mass is 454 g/mol. The predicted molar refractivity (Wildman–Crippen MR) is 124 cm³/mol. The van der Waals surface area contributed by atoms with Crippen molar-refractivity contribution in [3.63, 3.8) is 0 Å². The standard InChI is InChI=1S/C16H31O5P.5Na.5H/c1-2-3-4-5-6-7-8-9-10-11-12-13-14-15-16(17)21-22(18,19)20;;;;;;;;;;/h7-8H,2-6,9-15H2,1H3,(H2,18,19,20);;;;;;;;;;/b8-7-;;;;;;;;;;. The first-order valence-electron chi connectivity index (χ1n) is 8.38. The van der Waals surface area contributed by atoms with Crippen molar-refractivity contribution in [3.8, 4) is 0 Å². The fourth-order valence-electron chi connectivity index (χ4n) is 2.16. The number of rotatable bonds is 14. The normalized spacial score (nSPS) is 9.74. The fourth-order valence-corrected chi connectivity index (χ4v) is 2.52. The van der Waals surface area contributed by atoms with Crippen LogP contribution in [0.5, 0.6) is 0 Å². The minimum atomic E-state index is -4.67. The molecule has 0 radical (unpaired) electrons. The molecule has 0 fully saturated rings. The summed E-state index contributed by atoms with van der Waals surface area (Å²) in [6, 6.07) is 0. The molecule has 0 spiro atoms. The molecule has 0 saturated carbocycles. The summed E-state index contributed by atoms with van der Waals surface area (Å²) >= 11 is 0. The van der Waals surface area contributed by atoms with Gasteiger partial charge in [-0.05, 0) is 32.1 Å². The first-order chi connectivity index (χ1) is 10.5. The van der Waals surface area contributed by atoms with E-state index in [-0.39, 0.29) is 154 Å². The van der Waals surface area contributed by atoms with Gasteiger partial charge in [-0.25, -0.2) is 4.57 Å². The van der Waals surface area contributed by atoms with E-state index in [1.54, 1.807) is 0 Å². The summed E-state index contributed by atoms with van der Waals surface area (Å²) in [5.41, 5.74) is 0.